The van der Waals surface area contributed by atoms with Gasteiger partial charge in [0, 0.05) is 4.88 Å². The predicted molar refractivity (Wildman–Crippen MR) is 83.2 cm³/mol. The molecule has 0 saturated heterocycles. The number of rotatable bonds is 3. The monoisotopic (exact) mass is 337 g/mol. The van der Waals surface area contributed by atoms with Crippen molar-refractivity contribution in [2.45, 2.75) is 18.9 Å². The highest BCUT2D eigenvalue weighted by Gasteiger charge is 2.17. The van der Waals surface area contributed by atoms with E-state index in [1.165, 1.54) is 19.8 Å². The van der Waals surface area contributed by atoms with Gasteiger partial charge in [-0.05, 0) is 65.1 Å². The molecule has 0 radical (unpaired) electrons. The van der Waals surface area contributed by atoms with Crippen molar-refractivity contribution in [3.63, 3.8) is 0 Å². The Hall–Kier alpha value is -0.840. The van der Waals surface area contributed by atoms with Crippen molar-refractivity contribution in [3.05, 3.63) is 50.1 Å². The molecule has 19 heavy (non-hydrogen) atoms. The topological polar surface area (TPSA) is 21.3 Å². The number of fused-ring (bicyclic) bond motifs is 1. The lowest BCUT2D eigenvalue weighted by atomic mass is 9.98. The Labute approximate surface area is 125 Å². The first-order chi connectivity index (χ1) is 9.28. The molecule has 3 rings (SSSR count). The van der Waals surface area contributed by atoms with Gasteiger partial charge in [0.2, 0.25) is 0 Å². The van der Waals surface area contributed by atoms with Crippen LogP contribution in [0.5, 0.6) is 5.75 Å². The molecule has 2 aromatic rings. The van der Waals surface area contributed by atoms with Gasteiger partial charge < -0.3 is 10.1 Å². The molecule has 0 bridgehead atoms. The molecule has 1 atom stereocenters. The van der Waals surface area contributed by atoms with Gasteiger partial charge in [-0.2, -0.15) is 0 Å². The Morgan fingerprint density at radius 3 is 2.95 bits per heavy atom. The summed E-state index contributed by atoms with van der Waals surface area (Å²) in [6, 6.07) is 11.1. The van der Waals surface area contributed by atoms with Crippen molar-refractivity contribution < 1.29 is 4.74 Å². The number of aryl methyl sites for hydroxylation is 1. The van der Waals surface area contributed by atoms with Gasteiger partial charge in [0.05, 0.1) is 16.4 Å². The third-order valence-electron chi connectivity index (χ3n) is 3.43. The van der Waals surface area contributed by atoms with Gasteiger partial charge in [-0.25, -0.2) is 0 Å². The minimum absolute atomic E-state index is 0.253. The van der Waals surface area contributed by atoms with Crippen LogP contribution in [0.4, 0.5) is 0 Å². The van der Waals surface area contributed by atoms with Gasteiger partial charge in [-0.3, -0.25) is 0 Å². The first kappa shape index (κ1) is 13.2. The van der Waals surface area contributed by atoms with Crippen LogP contribution in [-0.2, 0) is 6.42 Å². The van der Waals surface area contributed by atoms with Crippen molar-refractivity contribution in [3.8, 4) is 5.75 Å². The van der Waals surface area contributed by atoms with E-state index in [1.807, 2.05) is 7.05 Å². The van der Waals surface area contributed by atoms with Crippen LogP contribution in [-0.4, -0.2) is 13.7 Å². The molecule has 1 aliphatic heterocycles. The van der Waals surface area contributed by atoms with Gasteiger partial charge in [0.1, 0.15) is 5.75 Å². The first-order valence-electron chi connectivity index (χ1n) is 6.46. The molecule has 0 spiro atoms. The largest absolute Gasteiger partial charge is 0.493 e. The van der Waals surface area contributed by atoms with E-state index in [0.29, 0.717) is 0 Å². The maximum absolute atomic E-state index is 5.68. The standard InChI is InChI=1S/C15H16BrNOS/c1-17-15(13-6-7-14(16)19-13)11-4-5-12-10(9-11)3-2-8-18-12/h4-7,9,15,17H,2-3,8H2,1H3. The molecule has 1 unspecified atom stereocenters. The molecule has 2 nitrogen and oxygen atoms in total. The summed E-state index contributed by atoms with van der Waals surface area (Å²) in [4.78, 5) is 1.33. The van der Waals surface area contributed by atoms with E-state index in [0.717, 1.165) is 25.2 Å². The third-order valence-corrected chi connectivity index (χ3v) is 5.12. The third kappa shape index (κ3) is 2.71. The lowest BCUT2D eigenvalue weighted by Gasteiger charge is -2.21. The van der Waals surface area contributed by atoms with Gasteiger partial charge in [-0.1, -0.05) is 12.1 Å². The van der Waals surface area contributed by atoms with Crippen LogP contribution in [0.25, 0.3) is 0 Å². The van der Waals surface area contributed by atoms with Crippen LogP contribution in [0.2, 0.25) is 0 Å². The van der Waals surface area contributed by atoms with Gasteiger partial charge in [0.15, 0.2) is 0 Å². The van der Waals surface area contributed by atoms with Crippen LogP contribution in [0.3, 0.4) is 0 Å². The number of nitrogens with one attached hydrogen (secondary N) is 1. The smallest absolute Gasteiger partial charge is 0.122 e. The molecule has 4 heteroatoms. The van der Waals surface area contributed by atoms with Gasteiger partial charge >= 0.3 is 0 Å². The van der Waals surface area contributed by atoms with E-state index in [-0.39, 0.29) is 6.04 Å². The Kier molecular flexibility index (Phi) is 3.91. The quantitative estimate of drug-likeness (QED) is 0.908. The van der Waals surface area contributed by atoms with E-state index in [4.69, 9.17) is 4.74 Å². The molecular weight excluding hydrogens is 322 g/mol. The maximum Gasteiger partial charge on any atom is 0.122 e. The average Bonchev–Trinajstić information content (AvgIpc) is 2.86. The van der Waals surface area contributed by atoms with Crippen LogP contribution in [0.1, 0.15) is 28.5 Å². The number of halogens is 1. The Morgan fingerprint density at radius 1 is 1.32 bits per heavy atom. The van der Waals surface area contributed by atoms with E-state index < -0.39 is 0 Å². The summed E-state index contributed by atoms with van der Waals surface area (Å²) in [6.07, 6.45) is 2.24. The van der Waals surface area contributed by atoms with Gasteiger partial charge in [0.25, 0.3) is 0 Å². The maximum atomic E-state index is 5.68. The first-order valence-corrected chi connectivity index (χ1v) is 8.07. The molecule has 0 saturated carbocycles. The summed E-state index contributed by atoms with van der Waals surface area (Å²) in [5.74, 6) is 1.05. The normalized spacial score (nSPS) is 15.7. The van der Waals surface area contributed by atoms with Crippen molar-refractivity contribution in [2.75, 3.05) is 13.7 Å². The molecule has 1 aromatic carbocycles. The van der Waals surface area contributed by atoms with Crippen LogP contribution in [0, 0.1) is 0 Å². The molecule has 0 fully saturated rings. The van der Waals surface area contributed by atoms with E-state index in [9.17, 15) is 0 Å². The second-order valence-corrected chi connectivity index (χ2v) is 7.18. The fourth-order valence-electron chi connectivity index (χ4n) is 2.52. The van der Waals surface area contributed by atoms with E-state index in [1.54, 1.807) is 11.3 Å². The number of ether oxygens (including phenoxy) is 1. The number of hydrogen-bond donors (Lipinski definition) is 1. The highest BCUT2D eigenvalue weighted by atomic mass is 79.9. The van der Waals surface area contributed by atoms with E-state index >= 15 is 0 Å². The summed E-state index contributed by atoms with van der Waals surface area (Å²) in [7, 11) is 2.01. The zero-order valence-corrected chi connectivity index (χ0v) is 13.2. The average molecular weight is 338 g/mol. The lowest BCUT2D eigenvalue weighted by Crippen LogP contribution is -2.17. The summed E-state index contributed by atoms with van der Waals surface area (Å²) in [5, 5.41) is 3.40. The second kappa shape index (κ2) is 5.65. The van der Waals surface area contributed by atoms with Crippen molar-refractivity contribution in [1.29, 1.82) is 0 Å². The van der Waals surface area contributed by atoms with Crippen molar-refractivity contribution in [1.82, 2.24) is 5.32 Å². The van der Waals surface area contributed by atoms with Gasteiger partial charge in [-0.15, -0.1) is 11.3 Å². The summed E-state index contributed by atoms with van der Waals surface area (Å²) < 4.78 is 6.85. The SMILES string of the molecule is CNC(c1ccc2c(c1)CCCO2)c1ccc(Br)s1. The highest BCUT2D eigenvalue weighted by Crippen LogP contribution is 2.34. The summed E-state index contributed by atoms with van der Waals surface area (Å²) in [6.45, 7) is 0.847. The Balaban J connectivity index is 1.95. The van der Waals surface area contributed by atoms with Crippen molar-refractivity contribution >= 4 is 27.3 Å². The highest BCUT2D eigenvalue weighted by molar-refractivity contribution is 9.11. The molecule has 1 aromatic heterocycles. The lowest BCUT2D eigenvalue weighted by molar-refractivity contribution is 0.288. The molecule has 2 heterocycles. The van der Waals surface area contributed by atoms with Crippen LogP contribution in [0.15, 0.2) is 34.1 Å². The van der Waals surface area contributed by atoms with Crippen molar-refractivity contribution in [2.24, 2.45) is 0 Å². The molecule has 0 aliphatic carbocycles. The zero-order valence-electron chi connectivity index (χ0n) is 10.8. The number of hydrogen-bond acceptors (Lipinski definition) is 3. The zero-order chi connectivity index (χ0) is 13.2. The molecular formula is C15H16BrNOS. The summed E-state index contributed by atoms with van der Waals surface area (Å²) in [5.41, 5.74) is 2.64. The number of benzene rings is 1. The Bertz CT molecular complexity index is 581. The van der Waals surface area contributed by atoms with Crippen LogP contribution >= 0.6 is 27.3 Å². The fraction of sp³-hybridized carbons (Fsp3) is 0.333. The minimum Gasteiger partial charge on any atom is -0.493 e. The summed E-state index contributed by atoms with van der Waals surface area (Å²) >= 11 is 5.31. The molecule has 100 valence electrons. The van der Waals surface area contributed by atoms with E-state index in [2.05, 4.69) is 51.6 Å². The molecule has 0 amide bonds. The van der Waals surface area contributed by atoms with Crippen LogP contribution < -0.4 is 10.1 Å². The predicted octanol–water partition coefficient (Wildman–Crippen LogP) is 4.14. The number of thiophene rings is 1. The second-order valence-electron chi connectivity index (χ2n) is 4.68. The minimum atomic E-state index is 0.253. The molecule has 1 aliphatic rings. The molecule has 1 N–H and O–H groups in total. The fourth-order valence-corrected chi connectivity index (χ4v) is 4.08. The Morgan fingerprint density at radius 2 is 2.21 bits per heavy atom.